The Balaban J connectivity index is 0.00000441. The molecule has 0 saturated heterocycles. The fourth-order valence-electron chi connectivity index (χ4n) is 1.77. The van der Waals surface area contributed by atoms with Crippen LogP contribution in [0, 0.1) is 12.8 Å². The number of rotatable bonds is 7. The molecule has 0 bridgehead atoms. The molecule has 1 unspecified atom stereocenters. The molecule has 128 valence electrons. The Bertz CT molecular complexity index is 483. The lowest BCUT2D eigenvalue weighted by atomic mass is 10.0. The lowest BCUT2D eigenvalue weighted by Gasteiger charge is -2.21. The molecule has 0 aliphatic heterocycles. The number of aryl methyl sites for hydroxylation is 1. The summed E-state index contributed by atoms with van der Waals surface area (Å²) < 4.78 is 29.1. The first kappa shape index (κ1) is 21.1. The normalized spacial score (nSPS) is 12.2. The molecule has 4 nitrogen and oxygen atoms in total. The lowest BCUT2D eigenvalue weighted by molar-refractivity contribution is -0.0499. The van der Waals surface area contributed by atoms with E-state index in [4.69, 9.17) is 5.73 Å². The van der Waals surface area contributed by atoms with Crippen LogP contribution in [0.1, 0.15) is 34.8 Å². The van der Waals surface area contributed by atoms with Crippen LogP contribution in [0.2, 0.25) is 0 Å². The van der Waals surface area contributed by atoms with E-state index in [-0.39, 0.29) is 35.0 Å². The molecule has 2 N–H and O–H groups in total. The monoisotopic (exact) mass is 356 g/mol. The van der Waals surface area contributed by atoms with Gasteiger partial charge in [-0.1, -0.05) is 13.8 Å². The van der Waals surface area contributed by atoms with Crippen LogP contribution in [0.25, 0.3) is 0 Å². The van der Waals surface area contributed by atoms with Crippen LogP contribution in [-0.2, 0) is 0 Å². The molecule has 8 heteroatoms. The summed E-state index contributed by atoms with van der Waals surface area (Å²) in [6.07, 6.45) is 0.662. The largest absolute Gasteiger partial charge is 0.433 e. The van der Waals surface area contributed by atoms with Crippen molar-refractivity contribution in [3.8, 4) is 5.75 Å². The van der Waals surface area contributed by atoms with Crippen molar-refractivity contribution in [1.29, 1.82) is 0 Å². The first-order valence-electron chi connectivity index (χ1n) is 6.78. The van der Waals surface area contributed by atoms with Crippen LogP contribution in [0.3, 0.4) is 0 Å². The van der Waals surface area contributed by atoms with Crippen molar-refractivity contribution in [3.05, 3.63) is 15.8 Å². The van der Waals surface area contributed by atoms with E-state index in [9.17, 15) is 13.6 Å². The third-order valence-electron chi connectivity index (χ3n) is 3.23. The topological polar surface area (TPSA) is 55.6 Å². The second-order valence-corrected chi connectivity index (χ2v) is 6.61. The van der Waals surface area contributed by atoms with Gasteiger partial charge in [0.15, 0.2) is 0 Å². The number of nitrogens with two attached hydrogens (primary N) is 1. The summed E-state index contributed by atoms with van der Waals surface area (Å²) in [6.45, 7) is 3.32. The SMILES string of the molecule is Cc1cc(OC(F)F)c(C(=O)N(C)CCC(N)C(C)C)s1.Cl. The first-order chi connectivity index (χ1) is 9.72. The molecule has 1 aromatic rings. The molecule has 1 amide bonds. The van der Waals surface area contributed by atoms with Crippen LogP contribution in [0.5, 0.6) is 5.75 Å². The quantitative estimate of drug-likeness (QED) is 0.813. The van der Waals surface area contributed by atoms with E-state index in [0.717, 1.165) is 16.2 Å². The maximum Gasteiger partial charge on any atom is 0.387 e. The molecule has 1 rings (SSSR count). The fourth-order valence-corrected chi connectivity index (χ4v) is 2.71. The molecule has 0 fully saturated rings. The Morgan fingerprint density at radius 2 is 2.05 bits per heavy atom. The molecular weight excluding hydrogens is 334 g/mol. The maximum absolute atomic E-state index is 12.4. The molecular formula is C14H23ClF2N2O2S. The van der Waals surface area contributed by atoms with E-state index in [0.29, 0.717) is 18.9 Å². The van der Waals surface area contributed by atoms with Crippen molar-refractivity contribution < 1.29 is 18.3 Å². The molecule has 0 aliphatic rings. The summed E-state index contributed by atoms with van der Waals surface area (Å²) in [5, 5.41) is 0. The Labute approximate surface area is 140 Å². The van der Waals surface area contributed by atoms with Gasteiger partial charge in [0.05, 0.1) is 0 Å². The predicted molar refractivity (Wildman–Crippen MR) is 87.3 cm³/mol. The van der Waals surface area contributed by atoms with Crippen LogP contribution in [0.4, 0.5) is 8.78 Å². The van der Waals surface area contributed by atoms with E-state index in [1.165, 1.54) is 11.0 Å². The lowest BCUT2D eigenvalue weighted by Crippen LogP contribution is -2.34. The van der Waals surface area contributed by atoms with Gasteiger partial charge < -0.3 is 15.4 Å². The van der Waals surface area contributed by atoms with Gasteiger partial charge in [0.25, 0.3) is 5.91 Å². The van der Waals surface area contributed by atoms with E-state index in [1.54, 1.807) is 14.0 Å². The number of carbonyl (C=O) groups excluding carboxylic acids is 1. The summed E-state index contributed by atoms with van der Waals surface area (Å²) in [5.74, 6) is -0.0487. The highest BCUT2D eigenvalue weighted by molar-refractivity contribution is 7.14. The van der Waals surface area contributed by atoms with Crippen molar-refractivity contribution in [2.24, 2.45) is 11.7 Å². The number of carbonyl (C=O) groups is 1. The summed E-state index contributed by atoms with van der Waals surface area (Å²) in [4.78, 5) is 14.8. The minimum atomic E-state index is -2.94. The second kappa shape index (κ2) is 9.27. The third kappa shape index (κ3) is 6.06. The molecule has 0 aliphatic carbocycles. The van der Waals surface area contributed by atoms with Crippen molar-refractivity contribution in [2.75, 3.05) is 13.6 Å². The second-order valence-electron chi connectivity index (χ2n) is 5.35. The smallest absolute Gasteiger partial charge is 0.387 e. The van der Waals surface area contributed by atoms with Gasteiger partial charge in [0, 0.05) is 24.5 Å². The molecule has 22 heavy (non-hydrogen) atoms. The molecule has 0 aromatic carbocycles. The highest BCUT2D eigenvalue weighted by Crippen LogP contribution is 2.31. The minimum Gasteiger partial charge on any atom is -0.433 e. The van der Waals surface area contributed by atoms with Gasteiger partial charge in [-0.05, 0) is 25.3 Å². The number of thiophene rings is 1. The molecule has 0 radical (unpaired) electrons. The Kier molecular flexibility index (Phi) is 8.88. The molecule has 1 aromatic heterocycles. The fraction of sp³-hybridized carbons (Fsp3) is 0.643. The highest BCUT2D eigenvalue weighted by atomic mass is 35.5. The molecule has 1 heterocycles. The minimum absolute atomic E-state index is 0. The van der Waals surface area contributed by atoms with Crippen molar-refractivity contribution >= 4 is 29.7 Å². The summed E-state index contributed by atoms with van der Waals surface area (Å²) in [7, 11) is 1.64. The van der Waals surface area contributed by atoms with Gasteiger partial charge in [-0.25, -0.2) is 0 Å². The van der Waals surface area contributed by atoms with Crippen molar-refractivity contribution in [1.82, 2.24) is 4.90 Å². The van der Waals surface area contributed by atoms with Crippen LogP contribution in [0.15, 0.2) is 6.07 Å². The zero-order valence-corrected chi connectivity index (χ0v) is 14.8. The Hall–Kier alpha value is -0.920. The van der Waals surface area contributed by atoms with Gasteiger partial charge in [0.1, 0.15) is 10.6 Å². The average molecular weight is 357 g/mol. The van der Waals surface area contributed by atoms with Gasteiger partial charge in [0.2, 0.25) is 0 Å². The van der Waals surface area contributed by atoms with E-state index in [2.05, 4.69) is 4.74 Å². The van der Waals surface area contributed by atoms with E-state index in [1.807, 2.05) is 13.8 Å². The van der Waals surface area contributed by atoms with Crippen molar-refractivity contribution in [2.45, 2.75) is 39.8 Å². The number of ether oxygens (including phenoxy) is 1. The van der Waals surface area contributed by atoms with Gasteiger partial charge in [-0.3, -0.25) is 4.79 Å². The number of alkyl halides is 2. The average Bonchev–Trinajstić information content (AvgIpc) is 2.74. The van der Waals surface area contributed by atoms with Crippen LogP contribution >= 0.6 is 23.7 Å². The zero-order valence-electron chi connectivity index (χ0n) is 13.1. The van der Waals surface area contributed by atoms with Crippen molar-refractivity contribution in [3.63, 3.8) is 0 Å². The standard InChI is InChI=1S/C14H22F2N2O2S.ClH/c1-8(2)10(17)5-6-18(4)13(19)12-11(20-14(15)16)7-9(3)21-12;/h7-8,10,14H,5-6,17H2,1-4H3;1H. The van der Waals surface area contributed by atoms with Gasteiger partial charge >= 0.3 is 6.61 Å². The Morgan fingerprint density at radius 3 is 2.55 bits per heavy atom. The summed E-state index contributed by atoms with van der Waals surface area (Å²) >= 11 is 1.15. The Morgan fingerprint density at radius 1 is 1.45 bits per heavy atom. The third-order valence-corrected chi connectivity index (χ3v) is 4.25. The van der Waals surface area contributed by atoms with Crippen LogP contribution in [-0.4, -0.2) is 37.1 Å². The number of hydrogen-bond acceptors (Lipinski definition) is 4. The number of halogens is 3. The predicted octanol–water partition coefficient (Wildman–Crippen LogP) is 3.53. The van der Waals surface area contributed by atoms with Crippen LogP contribution < -0.4 is 10.5 Å². The summed E-state index contributed by atoms with van der Waals surface area (Å²) in [6, 6.07) is 1.46. The van der Waals surface area contributed by atoms with E-state index >= 15 is 0 Å². The number of nitrogens with zero attached hydrogens (tertiary/aromatic N) is 1. The first-order valence-corrected chi connectivity index (χ1v) is 7.60. The number of amides is 1. The molecule has 0 saturated carbocycles. The van der Waals surface area contributed by atoms with Gasteiger partial charge in [-0.2, -0.15) is 8.78 Å². The number of hydrogen-bond donors (Lipinski definition) is 1. The zero-order chi connectivity index (χ0) is 16.2. The maximum atomic E-state index is 12.4. The van der Waals surface area contributed by atoms with E-state index < -0.39 is 6.61 Å². The molecule has 0 spiro atoms. The highest BCUT2D eigenvalue weighted by Gasteiger charge is 2.22. The molecule has 1 atom stereocenters. The van der Waals surface area contributed by atoms with Gasteiger partial charge in [-0.15, -0.1) is 23.7 Å². The summed E-state index contributed by atoms with van der Waals surface area (Å²) in [5.41, 5.74) is 5.94.